The van der Waals surface area contributed by atoms with E-state index in [-0.39, 0.29) is 0 Å². The van der Waals surface area contributed by atoms with Gasteiger partial charge in [0, 0.05) is 12.1 Å². The number of rotatable bonds is 8. The van der Waals surface area contributed by atoms with Crippen molar-refractivity contribution in [2.24, 2.45) is 0 Å². The van der Waals surface area contributed by atoms with Crippen LogP contribution < -0.4 is 5.32 Å². The Bertz CT molecular complexity index is 519. The molecule has 0 fully saturated rings. The molecule has 2 rings (SSSR count). The average Bonchev–Trinajstić information content (AvgIpc) is 2.91. The third kappa shape index (κ3) is 3.90. The number of unbranched alkanes of at least 4 members (excludes halogenated alkanes) is 3. The van der Waals surface area contributed by atoms with Crippen LogP contribution in [0, 0.1) is 6.92 Å². The molecule has 1 heterocycles. The summed E-state index contributed by atoms with van der Waals surface area (Å²) in [5.74, 6) is 0. The fourth-order valence-corrected chi connectivity index (χ4v) is 2.32. The number of aromatic nitrogens is 3. The lowest BCUT2D eigenvalue weighted by atomic mass is 10.0. The zero-order chi connectivity index (χ0) is 14.2. The highest BCUT2D eigenvalue weighted by Crippen LogP contribution is 2.22. The number of aromatic amines is 1. The average molecular weight is 272 g/mol. The van der Waals surface area contributed by atoms with E-state index in [0.717, 1.165) is 30.0 Å². The Morgan fingerprint density at radius 1 is 1.15 bits per heavy atom. The quantitative estimate of drug-likeness (QED) is 0.724. The summed E-state index contributed by atoms with van der Waals surface area (Å²) in [5, 5.41) is 14.7. The molecule has 4 heteroatoms. The van der Waals surface area contributed by atoms with Crippen LogP contribution in [-0.2, 0) is 6.54 Å². The van der Waals surface area contributed by atoms with Gasteiger partial charge in [0.25, 0.3) is 0 Å². The molecule has 0 unspecified atom stereocenters. The number of hydrogen-bond donors (Lipinski definition) is 2. The third-order valence-electron chi connectivity index (χ3n) is 3.53. The molecule has 20 heavy (non-hydrogen) atoms. The standard InChI is InChI=1S/C16H24N4/c1-3-4-5-8-11-17-12-15-16(19-20-18-15)14-10-7-6-9-13(14)2/h6-7,9-10,17H,3-5,8,11-12H2,1-2H3,(H,18,19,20). The maximum absolute atomic E-state index is 4.23. The fraction of sp³-hybridized carbons (Fsp3) is 0.500. The van der Waals surface area contributed by atoms with E-state index in [2.05, 4.69) is 46.7 Å². The maximum atomic E-state index is 4.23. The minimum Gasteiger partial charge on any atom is -0.311 e. The fourth-order valence-electron chi connectivity index (χ4n) is 2.32. The van der Waals surface area contributed by atoms with Crippen molar-refractivity contribution in [3.63, 3.8) is 0 Å². The number of H-pyrrole nitrogens is 1. The number of nitrogens with one attached hydrogen (secondary N) is 2. The van der Waals surface area contributed by atoms with Crippen molar-refractivity contribution in [2.75, 3.05) is 6.54 Å². The highest BCUT2D eigenvalue weighted by molar-refractivity contribution is 5.64. The van der Waals surface area contributed by atoms with E-state index < -0.39 is 0 Å². The highest BCUT2D eigenvalue weighted by atomic mass is 15.3. The molecule has 2 N–H and O–H groups in total. The van der Waals surface area contributed by atoms with Crippen molar-refractivity contribution < 1.29 is 0 Å². The van der Waals surface area contributed by atoms with Crippen molar-refractivity contribution >= 4 is 0 Å². The van der Waals surface area contributed by atoms with E-state index in [0.29, 0.717) is 0 Å². The number of aryl methyl sites for hydroxylation is 1. The van der Waals surface area contributed by atoms with Gasteiger partial charge in [-0.2, -0.15) is 0 Å². The monoisotopic (exact) mass is 272 g/mol. The van der Waals surface area contributed by atoms with Crippen LogP contribution >= 0.6 is 0 Å². The number of nitrogens with zero attached hydrogens (tertiary/aromatic N) is 2. The van der Waals surface area contributed by atoms with Crippen molar-refractivity contribution in [1.82, 2.24) is 20.7 Å². The van der Waals surface area contributed by atoms with Gasteiger partial charge in [0.2, 0.25) is 0 Å². The minimum atomic E-state index is 0.794. The molecule has 4 nitrogen and oxygen atoms in total. The van der Waals surface area contributed by atoms with Crippen molar-refractivity contribution in [1.29, 1.82) is 0 Å². The van der Waals surface area contributed by atoms with E-state index in [1.165, 1.54) is 31.2 Å². The van der Waals surface area contributed by atoms with Crippen LogP contribution in [0.3, 0.4) is 0 Å². The van der Waals surface area contributed by atoms with E-state index in [1.54, 1.807) is 0 Å². The smallest absolute Gasteiger partial charge is 0.117 e. The SMILES string of the molecule is CCCCCCNCc1[nH]nnc1-c1ccccc1C. The van der Waals surface area contributed by atoms with Gasteiger partial charge >= 0.3 is 0 Å². The Morgan fingerprint density at radius 3 is 2.80 bits per heavy atom. The van der Waals surface area contributed by atoms with Gasteiger partial charge in [0.1, 0.15) is 5.69 Å². The molecular formula is C16H24N4. The summed E-state index contributed by atoms with van der Waals surface area (Å²) >= 11 is 0. The van der Waals surface area contributed by atoms with Crippen LogP contribution in [0.4, 0.5) is 0 Å². The van der Waals surface area contributed by atoms with Crippen molar-refractivity contribution in [3.8, 4) is 11.3 Å². The number of benzene rings is 1. The van der Waals surface area contributed by atoms with Crippen LogP contribution in [0.5, 0.6) is 0 Å². The van der Waals surface area contributed by atoms with Crippen LogP contribution in [-0.4, -0.2) is 22.0 Å². The predicted molar refractivity (Wildman–Crippen MR) is 82.4 cm³/mol. The molecule has 108 valence electrons. The van der Waals surface area contributed by atoms with E-state index in [9.17, 15) is 0 Å². The van der Waals surface area contributed by atoms with Gasteiger partial charge in [-0.1, -0.05) is 55.7 Å². The van der Waals surface area contributed by atoms with Crippen molar-refractivity contribution in [2.45, 2.75) is 46.1 Å². The van der Waals surface area contributed by atoms with Gasteiger partial charge in [-0.05, 0) is 25.5 Å². The molecule has 0 atom stereocenters. The van der Waals surface area contributed by atoms with E-state index in [1.807, 2.05) is 12.1 Å². The summed E-state index contributed by atoms with van der Waals surface area (Å²) in [4.78, 5) is 0. The summed E-state index contributed by atoms with van der Waals surface area (Å²) in [5.41, 5.74) is 4.41. The normalized spacial score (nSPS) is 10.9. The van der Waals surface area contributed by atoms with Crippen molar-refractivity contribution in [3.05, 3.63) is 35.5 Å². The molecule has 0 saturated carbocycles. The summed E-state index contributed by atoms with van der Waals surface area (Å²) in [6.45, 7) is 6.18. The molecule has 0 saturated heterocycles. The molecule has 2 aromatic rings. The van der Waals surface area contributed by atoms with Gasteiger partial charge in [-0.3, -0.25) is 5.10 Å². The number of hydrogen-bond acceptors (Lipinski definition) is 3. The Labute approximate surface area is 121 Å². The van der Waals surface area contributed by atoms with E-state index in [4.69, 9.17) is 0 Å². The predicted octanol–water partition coefficient (Wildman–Crippen LogP) is 3.45. The molecule has 1 aromatic carbocycles. The first kappa shape index (κ1) is 14.7. The minimum absolute atomic E-state index is 0.794. The maximum Gasteiger partial charge on any atom is 0.117 e. The Morgan fingerprint density at radius 2 is 2.00 bits per heavy atom. The molecule has 1 aromatic heterocycles. The molecule has 0 radical (unpaired) electrons. The Balaban J connectivity index is 1.91. The largest absolute Gasteiger partial charge is 0.311 e. The third-order valence-corrected chi connectivity index (χ3v) is 3.53. The lowest BCUT2D eigenvalue weighted by Gasteiger charge is -2.06. The van der Waals surface area contributed by atoms with Gasteiger partial charge < -0.3 is 5.32 Å². The molecule has 0 aliphatic carbocycles. The summed E-state index contributed by atoms with van der Waals surface area (Å²) in [6.07, 6.45) is 5.13. The Hall–Kier alpha value is -1.68. The van der Waals surface area contributed by atoms with Crippen LogP contribution in [0.2, 0.25) is 0 Å². The highest BCUT2D eigenvalue weighted by Gasteiger charge is 2.10. The molecule has 0 bridgehead atoms. The molecular weight excluding hydrogens is 248 g/mol. The molecule has 0 spiro atoms. The zero-order valence-electron chi connectivity index (χ0n) is 12.4. The van der Waals surface area contributed by atoms with Gasteiger partial charge in [0.15, 0.2) is 0 Å². The van der Waals surface area contributed by atoms with Gasteiger partial charge in [-0.25, -0.2) is 0 Å². The van der Waals surface area contributed by atoms with Gasteiger partial charge in [0.05, 0.1) is 5.69 Å². The second-order valence-electron chi connectivity index (χ2n) is 5.19. The Kier molecular flexibility index (Phi) is 5.74. The molecule has 0 aliphatic rings. The van der Waals surface area contributed by atoms with Gasteiger partial charge in [-0.15, -0.1) is 5.10 Å². The van der Waals surface area contributed by atoms with Crippen LogP contribution in [0.25, 0.3) is 11.3 Å². The second kappa shape index (κ2) is 7.80. The molecule has 0 aliphatic heterocycles. The summed E-state index contributed by atoms with van der Waals surface area (Å²) < 4.78 is 0. The van der Waals surface area contributed by atoms with Crippen LogP contribution in [0.1, 0.15) is 43.9 Å². The first-order valence-electron chi connectivity index (χ1n) is 7.49. The summed E-state index contributed by atoms with van der Waals surface area (Å²) in [6, 6.07) is 8.29. The topological polar surface area (TPSA) is 53.6 Å². The second-order valence-corrected chi connectivity index (χ2v) is 5.19. The van der Waals surface area contributed by atoms with Crippen LogP contribution in [0.15, 0.2) is 24.3 Å². The summed E-state index contributed by atoms with van der Waals surface area (Å²) in [7, 11) is 0. The zero-order valence-corrected chi connectivity index (χ0v) is 12.4. The molecule has 0 amide bonds. The first-order chi connectivity index (χ1) is 9.83. The van der Waals surface area contributed by atoms with E-state index >= 15 is 0 Å². The lowest BCUT2D eigenvalue weighted by Crippen LogP contribution is -2.15. The first-order valence-corrected chi connectivity index (χ1v) is 7.49. The lowest BCUT2D eigenvalue weighted by molar-refractivity contribution is 0.593.